The van der Waals surface area contributed by atoms with Crippen molar-refractivity contribution in [2.75, 3.05) is 12.4 Å². The minimum atomic E-state index is -4.99. The first-order valence-corrected chi connectivity index (χ1v) is 11.3. The molecule has 2 fully saturated rings. The molecule has 0 aliphatic carbocycles. The molecule has 196 valence electrons. The van der Waals surface area contributed by atoms with Gasteiger partial charge in [-0.25, -0.2) is 14.2 Å². The molecule has 3 atom stereocenters. The molecular weight excluding hydrogens is 503 g/mol. The first kappa shape index (κ1) is 24.8. The Balaban J connectivity index is 1.52. The second-order valence-corrected chi connectivity index (χ2v) is 9.29. The highest BCUT2D eigenvalue weighted by molar-refractivity contribution is 5.92. The van der Waals surface area contributed by atoms with Crippen molar-refractivity contribution in [2.45, 2.75) is 50.9 Å². The topological polar surface area (TPSA) is 106 Å². The van der Waals surface area contributed by atoms with Crippen molar-refractivity contribution in [1.29, 1.82) is 0 Å². The molecule has 2 aliphatic rings. The van der Waals surface area contributed by atoms with Gasteiger partial charge in [0.1, 0.15) is 11.4 Å². The number of methoxy groups -OCH3 is 1. The van der Waals surface area contributed by atoms with E-state index in [0.717, 1.165) is 13.2 Å². The fraction of sp³-hybridized carbons (Fsp3) is 0.435. The molecule has 2 bridgehead atoms. The van der Waals surface area contributed by atoms with Gasteiger partial charge in [-0.15, -0.1) is 10.2 Å². The summed E-state index contributed by atoms with van der Waals surface area (Å²) in [5, 5.41) is 10.3. The van der Waals surface area contributed by atoms with Gasteiger partial charge in [0.2, 0.25) is 17.6 Å². The lowest BCUT2D eigenvalue weighted by Crippen LogP contribution is -2.70. The zero-order valence-corrected chi connectivity index (χ0v) is 19.9. The van der Waals surface area contributed by atoms with Gasteiger partial charge in [-0.2, -0.15) is 22.5 Å². The normalized spacial score (nSPS) is 23.0. The van der Waals surface area contributed by atoms with Gasteiger partial charge in [-0.1, -0.05) is 6.92 Å². The summed E-state index contributed by atoms with van der Waals surface area (Å²) < 4.78 is 80.3. The lowest BCUT2D eigenvalue weighted by molar-refractivity contribution is -0.137. The third kappa shape index (κ3) is 4.13. The quantitative estimate of drug-likeness (QED) is 0.475. The smallest absolute Gasteiger partial charge is 0.417 e. The lowest BCUT2D eigenvalue weighted by atomic mass is 9.64. The van der Waals surface area contributed by atoms with Crippen LogP contribution in [0.4, 0.5) is 32.4 Å². The number of rotatable bonds is 4. The number of hydrogen-bond acceptors (Lipinski definition) is 7. The van der Waals surface area contributed by atoms with Crippen LogP contribution in [0.5, 0.6) is 5.88 Å². The van der Waals surface area contributed by atoms with Crippen LogP contribution in [-0.4, -0.2) is 44.2 Å². The summed E-state index contributed by atoms with van der Waals surface area (Å²) in [6.07, 6.45) is -2.57. The maximum Gasteiger partial charge on any atom is 0.417 e. The van der Waals surface area contributed by atoms with Crippen molar-refractivity contribution in [2.24, 2.45) is 5.92 Å². The Labute approximate surface area is 207 Å². The van der Waals surface area contributed by atoms with E-state index in [1.165, 1.54) is 4.90 Å². The van der Waals surface area contributed by atoms with Crippen LogP contribution >= 0.6 is 0 Å². The van der Waals surface area contributed by atoms with Gasteiger partial charge < -0.3 is 19.4 Å². The van der Waals surface area contributed by atoms with Gasteiger partial charge in [0.25, 0.3) is 5.88 Å². The third-order valence-corrected chi connectivity index (χ3v) is 6.70. The second-order valence-electron chi connectivity index (χ2n) is 9.29. The number of amides is 2. The molecule has 0 radical (unpaired) electrons. The van der Waals surface area contributed by atoms with Gasteiger partial charge >= 0.3 is 12.2 Å². The van der Waals surface area contributed by atoms with Gasteiger partial charge in [0.15, 0.2) is 5.82 Å². The van der Waals surface area contributed by atoms with E-state index in [1.807, 2.05) is 6.92 Å². The molecule has 4 heterocycles. The average molecular weight is 524 g/mol. The van der Waals surface area contributed by atoms with Crippen molar-refractivity contribution in [3.05, 3.63) is 47.3 Å². The van der Waals surface area contributed by atoms with Gasteiger partial charge in [-0.05, 0) is 30.9 Å². The molecule has 37 heavy (non-hydrogen) atoms. The van der Waals surface area contributed by atoms with Crippen LogP contribution in [0.1, 0.15) is 43.5 Å². The van der Waals surface area contributed by atoms with Crippen molar-refractivity contribution in [3.8, 4) is 17.3 Å². The molecule has 14 heteroatoms. The number of hydrogen-bond donors (Lipinski definition) is 1. The van der Waals surface area contributed by atoms with Crippen LogP contribution in [0.25, 0.3) is 11.4 Å². The number of halogens is 5. The molecule has 2 saturated heterocycles. The van der Waals surface area contributed by atoms with Crippen LogP contribution in [-0.2, 0) is 11.7 Å². The van der Waals surface area contributed by atoms with E-state index in [9.17, 15) is 26.7 Å². The van der Waals surface area contributed by atoms with Crippen molar-refractivity contribution in [1.82, 2.24) is 25.1 Å². The zero-order valence-electron chi connectivity index (χ0n) is 19.9. The second kappa shape index (κ2) is 8.63. The molecule has 2 aromatic heterocycles. The molecule has 9 nitrogen and oxygen atoms in total. The summed E-state index contributed by atoms with van der Waals surface area (Å²) in [4.78, 5) is 22.1. The summed E-state index contributed by atoms with van der Waals surface area (Å²) in [5.74, 6) is -2.64. The fourth-order valence-electron chi connectivity index (χ4n) is 5.32. The molecule has 0 spiro atoms. The molecule has 2 aliphatic heterocycles. The Morgan fingerprint density at radius 1 is 1.22 bits per heavy atom. The monoisotopic (exact) mass is 524 g/mol. The van der Waals surface area contributed by atoms with Gasteiger partial charge in [0.05, 0.1) is 24.6 Å². The van der Waals surface area contributed by atoms with Gasteiger partial charge in [-0.3, -0.25) is 0 Å². The number of anilines is 1. The van der Waals surface area contributed by atoms with Crippen molar-refractivity contribution < 1.29 is 35.9 Å². The fourth-order valence-corrected chi connectivity index (χ4v) is 5.32. The maximum absolute atomic E-state index is 14.9. The number of fused-ring (bicyclic) bond motifs is 2. The van der Waals surface area contributed by atoms with Crippen molar-refractivity contribution >= 4 is 11.7 Å². The van der Waals surface area contributed by atoms with E-state index < -0.39 is 57.9 Å². The number of aromatic nitrogens is 4. The van der Waals surface area contributed by atoms with Crippen molar-refractivity contribution in [3.63, 3.8) is 0 Å². The molecule has 3 aromatic rings. The number of nitrogens with zero attached hydrogens (tertiary/aromatic N) is 5. The van der Waals surface area contributed by atoms with Crippen LogP contribution in [0.3, 0.4) is 0 Å². The summed E-state index contributed by atoms with van der Waals surface area (Å²) in [6.45, 7) is 3.64. The summed E-state index contributed by atoms with van der Waals surface area (Å²) in [5.41, 5.74) is -3.49. The zero-order chi connectivity index (χ0) is 26.7. The Morgan fingerprint density at radius 2 is 1.97 bits per heavy atom. The molecule has 2 unspecified atom stereocenters. The Hall–Kier alpha value is -3.84. The van der Waals surface area contributed by atoms with E-state index in [2.05, 4.69) is 25.5 Å². The molecule has 5 rings (SSSR count). The molecule has 2 amide bonds. The molecular formula is C23H21F5N6O3. The number of piperidine rings is 1. The van der Waals surface area contributed by atoms with Crippen LogP contribution in [0.2, 0.25) is 0 Å². The SMILES string of the molecule is COc1nc(-c2cc(NC(=O)N3[C@@H]4CC(C)CC3(c3nnc(C)o3)C4)c(F)cc2C(F)(F)F)ncc1F. The molecule has 1 aromatic carbocycles. The highest BCUT2D eigenvalue weighted by Crippen LogP contribution is 2.55. The number of nitrogens with one attached hydrogen (secondary N) is 1. The predicted octanol–water partition coefficient (Wildman–Crippen LogP) is 5.07. The van der Waals surface area contributed by atoms with Crippen LogP contribution in [0, 0.1) is 24.5 Å². The number of alkyl halides is 3. The highest BCUT2D eigenvalue weighted by Gasteiger charge is 2.62. The number of aryl methyl sites for hydroxylation is 1. The van der Waals surface area contributed by atoms with E-state index in [4.69, 9.17) is 9.15 Å². The van der Waals surface area contributed by atoms with E-state index >= 15 is 0 Å². The number of ether oxygens (including phenoxy) is 1. The molecule has 0 saturated carbocycles. The Morgan fingerprint density at radius 3 is 2.62 bits per heavy atom. The number of carbonyl (C=O) groups is 1. The number of benzene rings is 1. The minimum absolute atomic E-state index is 0.197. The highest BCUT2D eigenvalue weighted by atomic mass is 19.4. The van der Waals surface area contributed by atoms with Crippen LogP contribution in [0.15, 0.2) is 22.7 Å². The van der Waals surface area contributed by atoms with Gasteiger partial charge in [0, 0.05) is 24.9 Å². The standard InChI is InChI=1S/C23H21F5N6O3/c1-10-4-12-8-22(7-10,20-33-32-11(2)37-20)34(12)21(35)30-17-5-13(14(6-15(17)24)23(26,27)28)18-29-9-16(25)19(31-18)36-3/h5-6,9-10,12H,4,7-8H2,1-3H3,(H,30,35)/t10?,12-,22?/m1/s1. The third-order valence-electron chi connectivity index (χ3n) is 6.70. The average Bonchev–Trinajstić information content (AvgIpc) is 3.26. The first-order valence-electron chi connectivity index (χ1n) is 11.3. The van der Waals surface area contributed by atoms with Crippen LogP contribution < -0.4 is 10.1 Å². The number of urea groups is 1. The predicted molar refractivity (Wildman–Crippen MR) is 117 cm³/mol. The maximum atomic E-state index is 14.9. The Bertz CT molecular complexity index is 1380. The molecule has 1 N–H and O–H groups in total. The summed E-state index contributed by atoms with van der Waals surface area (Å²) in [6, 6.07) is 0.0731. The minimum Gasteiger partial charge on any atom is -0.479 e. The number of carbonyl (C=O) groups excluding carboxylic acids is 1. The van der Waals surface area contributed by atoms with E-state index in [-0.39, 0.29) is 23.9 Å². The summed E-state index contributed by atoms with van der Waals surface area (Å²) in [7, 11) is 1.09. The first-order chi connectivity index (χ1) is 17.4. The largest absolute Gasteiger partial charge is 0.479 e. The summed E-state index contributed by atoms with van der Waals surface area (Å²) >= 11 is 0. The van der Waals surface area contributed by atoms with E-state index in [0.29, 0.717) is 31.4 Å². The Kier molecular flexibility index (Phi) is 5.79. The van der Waals surface area contributed by atoms with E-state index in [1.54, 1.807) is 6.92 Å². The lowest BCUT2D eigenvalue weighted by Gasteiger charge is -2.61.